The van der Waals surface area contributed by atoms with Crippen molar-refractivity contribution in [2.75, 3.05) is 13.2 Å². The molecule has 8 heteroatoms. The normalized spacial score (nSPS) is 15.0. The van der Waals surface area contributed by atoms with Crippen LogP contribution < -0.4 is 4.72 Å². The van der Waals surface area contributed by atoms with E-state index in [4.69, 9.17) is 9.16 Å². The number of hydrogen-bond acceptors (Lipinski definition) is 5. The highest BCUT2D eigenvalue weighted by molar-refractivity contribution is 7.90. The minimum atomic E-state index is -2.08. The summed E-state index contributed by atoms with van der Waals surface area (Å²) in [5.41, 5.74) is 0.912. The smallest absolute Gasteiger partial charge is 0.310 e. The van der Waals surface area contributed by atoms with Gasteiger partial charge in [0.15, 0.2) is 8.32 Å². The number of hydrogen-bond donors (Lipinski definition) is 1. The zero-order valence-electron chi connectivity index (χ0n) is 19.8. The minimum Gasteiger partial charge on any atom is -0.598 e. The zero-order valence-corrected chi connectivity index (χ0v) is 21.7. The Bertz CT molecular complexity index is 716. The molecule has 30 heavy (non-hydrogen) atoms. The molecule has 0 amide bonds. The maximum absolute atomic E-state index is 15.0. The SMILES string of the molecule is CCOC(=O)Cc1ccc([C@@H](CO[Si](C)(C)C(C)(C)C)N[S@@+]([O-])C(C)(C)C)c(F)c1. The first kappa shape index (κ1) is 27.1. The molecule has 0 aliphatic heterocycles. The molecule has 1 aromatic carbocycles. The van der Waals surface area contributed by atoms with Crippen molar-refractivity contribution in [3.63, 3.8) is 0 Å². The average molecular weight is 460 g/mol. The van der Waals surface area contributed by atoms with Gasteiger partial charge >= 0.3 is 5.97 Å². The lowest BCUT2D eigenvalue weighted by atomic mass is 10.0. The average Bonchev–Trinajstić information content (AvgIpc) is 2.57. The lowest BCUT2D eigenvalue weighted by molar-refractivity contribution is -0.142. The summed E-state index contributed by atoms with van der Waals surface area (Å²) in [5, 5.41) is 0.00275. The molecule has 0 aromatic heterocycles. The molecule has 1 N–H and O–H groups in total. The monoisotopic (exact) mass is 459 g/mol. The highest BCUT2D eigenvalue weighted by atomic mass is 32.2. The van der Waals surface area contributed by atoms with Crippen LogP contribution in [-0.2, 0) is 31.7 Å². The highest BCUT2D eigenvalue weighted by Gasteiger charge is 2.39. The Morgan fingerprint density at radius 3 is 2.30 bits per heavy atom. The van der Waals surface area contributed by atoms with Gasteiger partial charge in [-0.15, -0.1) is 4.72 Å². The van der Waals surface area contributed by atoms with E-state index < -0.39 is 42.3 Å². The van der Waals surface area contributed by atoms with Gasteiger partial charge in [0, 0.05) is 16.9 Å². The third-order valence-corrected chi connectivity index (χ3v) is 11.4. The summed E-state index contributed by atoms with van der Waals surface area (Å²) in [6, 6.07) is 4.11. The number of ether oxygens (including phenoxy) is 1. The predicted molar refractivity (Wildman–Crippen MR) is 124 cm³/mol. The molecule has 1 aromatic rings. The van der Waals surface area contributed by atoms with E-state index in [9.17, 15) is 9.35 Å². The Morgan fingerprint density at radius 2 is 1.83 bits per heavy atom. The largest absolute Gasteiger partial charge is 0.598 e. The number of halogens is 1. The number of carbonyl (C=O) groups is 1. The minimum absolute atomic E-state index is 0.00275. The Labute approximate surface area is 185 Å². The quantitative estimate of drug-likeness (QED) is 0.318. The molecule has 5 nitrogen and oxygen atoms in total. The van der Waals surface area contributed by atoms with Gasteiger partial charge < -0.3 is 13.7 Å². The number of nitrogens with one attached hydrogen (secondary N) is 1. The zero-order chi connectivity index (χ0) is 23.3. The Kier molecular flexibility index (Phi) is 9.57. The van der Waals surface area contributed by atoms with Crippen molar-refractivity contribution in [1.29, 1.82) is 0 Å². The van der Waals surface area contributed by atoms with Crippen molar-refractivity contribution in [2.45, 2.75) is 83.8 Å². The van der Waals surface area contributed by atoms with Crippen LogP contribution in [0.1, 0.15) is 65.6 Å². The van der Waals surface area contributed by atoms with E-state index >= 15 is 4.39 Å². The van der Waals surface area contributed by atoms with Gasteiger partial charge in [0.05, 0.1) is 19.6 Å². The van der Waals surface area contributed by atoms with Crippen LogP contribution in [0, 0.1) is 5.82 Å². The molecular formula is C22H38FNO4SSi. The molecular weight excluding hydrogens is 421 g/mol. The highest BCUT2D eigenvalue weighted by Crippen LogP contribution is 2.37. The first-order valence-corrected chi connectivity index (χ1v) is 14.4. The van der Waals surface area contributed by atoms with Crippen molar-refractivity contribution in [3.05, 3.63) is 35.1 Å². The van der Waals surface area contributed by atoms with Crippen LogP contribution in [0.4, 0.5) is 4.39 Å². The van der Waals surface area contributed by atoms with Crippen molar-refractivity contribution in [3.8, 4) is 0 Å². The third-order valence-electron chi connectivity index (χ3n) is 5.32. The number of rotatable bonds is 9. The van der Waals surface area contributed by atoms with Gasteiger partial charge in [0.25, 0.3) is 0 Å². The van der Waals surface area contributed by atoms with Gasteiger partial charge in [-0.25, -0.2) is 4.39 Å². The van der Waals surface area contributed by atoms with Crippen molar-refractivity contribution < 1.29 is 22.9 Å². The molecule has 0 saturated carbocycles. The Balaban J connectivity index is 3.13. The molecule has 1 rings (SSSR count). The van der Waals surface area contributed by atoms with Crippen LogP contribution >= 0.6 is 0 Å². The summed E-state index contributed by atoms with van der Waals surface area (Å²) in [4.78, 5) is 11.7. The first-order chi connectivity index (χ1) is 13.6. The lowest BCUT2D eigenvalue weighted by Crippen LogP contribution is -2.46. The topological polar surface area (TPSA) is 70.6 Å². The standard InChI is InChI=1S/C22H38FNO4SSi/c1-10-27-20(25)14-16-11-12-17(18(23)13-16)19(24-29(26)21(2,3)4)15-28-30(8,9)22(5,6)7/h11-13,19,24H,10,14-15H2,1-9H3/t19-,29+/m1/s1. The lowest BCUT2D eigenvalue weighted by Gasteiger charge is -2.37. The van der Waals surface area contributed by atoms with E-state index in [0.29, 0.717) is 11.1 Å². The third kappa shape index (κ3) is 7.96. The number of carbonyl (C=O) groups excluding carboxylic acids is 1. The van der Waals surface area contributed by atoms with Gasteiger partial charge in [-0.3, -0.25) is 4.79 Å². The fraction of sp³-hybridized carbons (Fsp3) is 0.682. The van der Waals surface area contributed by atoms with Gasteiger partial charge in [-0.1, -0.05) is 32.9 Å². The molecule has 0 spiro atoms. The molecule has 0 heterocycles. The summed E-state index contributed by atoms with van der Waals surface area (Å²) in [6.45, 7) is 18.5. The molecule has 0 saturated heterocycles. The number of benzene rings is 1. The van der Waals surface area contributed by atoms with Gasteiger partial charge in [0.1, 0.15) is 16.6 Å². The van der Waals surface area contributed by atoms with Gasteiger partial charge in [0.2, 0.25) is 0 Å². The molecule has 2 atom stereocenters. The maximum atomic E-state index is 15.0. The van der Waals surface area contributed by atoms with E-state index in [2.05, 4.69) is 38.6 Å². The van der Waals surface area contributed by atoms with E-state index in [1.165, 1.54) is 6.07 Å². The van der Waals surface area contributed by atoms with Crippen LogP contribution in [0.15, 0.2) is 18.2 Å². The van der Waals surface area contributed by atoms with Crippen LogP contribution in [0.3, 0.4) is 0 Å². The Hall–Kier alpha value is -0.933. The molecule has 0 unspecified atom stereocenters. The molecule has 0 bridgehead atoms. The van der Waals surface area contributed by atoms with Crippen molar-refractivity contribution >= 4 is 25.6 Å². The van der Waals surface area contributed by atoms with Gasteiger partial charge in [-0.05, 0) is 57.5 Å². The number of esters is 1. The molecule has 172 valence electrons. The van der Waals surface area contributed by atoms with Crippen molar-refractivity contribution in [2.24, 2.45) is 0 Å². The molecule has 0 fully saturated rings. The van der Waals surface area contributed by atoms with E-state index in [1.54, 1.807) is 19.1 Å². The van der Waals surface area contributed by atoms with Crippen molar-refractivity contribution in [1.82, 2.24) is 4.72 Å². The fourth-order valence-corrected chi connectivity index (χ4v) is 4.17. The van der Waals surface area contributed by atoms with E-state index in [1.807, 2.05) is 20.8 Å². The second kappa shape index (κ2) is 10.6. The summed E-state index contributed by atoms with van der Waals surface area (Å²) in [7, 11) is -2.08. The van der Waals surface area contributed by atoms with Crippen LogP contribution in [0.25, 0.3) is 0 Å². The summed E-state index contributed by atoms with van der Waals surface area (Å²) in [6.07, 6.45) is 0.0114. The summed E-state index contributed by atoms with van der Waals surface area (Å²) in [5.74, 6) is -0.853. The fourth-order valence-electron chi connectivity index (χ4n) is 2.34. The summed E-state index contributed by atoms with van der Waals surface area (Å²) >= 11 is -1.40. The van der Waals surface area contributed by atoms with Crippen LogP contribution in [0.5, 0.6) is 0 Å². The summed E-state index contributed by atoms with van der Waals surface area (Å²) < 4.78 is 41.5. The molecule has 0 aliphatic carbocycles. The molecule has 0 aliphatic rings. The van der Waals surface area contributed by atoms with Gasteiger partial charge in [-0.2, -0.15) is 0 Å². The second-order valence-electron chi connectivity index (χ2n) is 9.96. The van der Waals surface area contributed by atoms with Crippen LogP contribution in [0.2, 0.25) is 18.1 Å². The predicted octanol–water partition coefficient (Wildman–Crippen LogP) is 5.05. The van der Waals surface area contributed by atoms with E-state index in [0.717, 1.165) is 0 Å². The second-order valence-corrected chi connectivity index (χ2v) is 16.8. The first-order valence-electron chi connectivity index (χ1n) is 10.3. The Morgan fingerprint density at radius 1 is 1.23 bits per heavy atom. The van der Waals surface area contributed by atoms with Crippen LogP contribution in [-0.4, -0.2) is 36.8 Å². The van der Waals surface area contributed by atoms with E-state index in [-0.39, 0.29) is 24.7 Å². The maximum Gasteiger partial charge on any atom is 0.310 e. The molecule has 0 radical (unpaired) electrons.